The van der Waals surface area contributed by atoms with E-state index in [0.717, 1.165) is 0 Å². The Hall–Kier alpha value is -1.67. The highest BCUT2D eigenvalue weighted by atomic mass is 32.2. The Morgan fingerprint density at radius 2 is 2.32 bits per heavy atom. The van der Waals surface area contributed by atoms with E-state index in [9.17, 15) is 9.59 Å². The van der Waals surface area contributed by atoms with E-state index in [-0.39, 0.29) is 24.5 Å². The summed E-state index contributed by atoms with van der Waals surface area (Å²) in [5.41, 5.74) is 0.523. The van der Waals surface area contributed by atoms with Crippen molar-refractivity contribution in [3.05, 3.63) is 11.9 Å². The van der Waals surface area contributed by atoms with Gasteiger partial charge in [-0.15, -0.1) is 0 Å². The lowest BCUT2D eigenvalue weighted by atomic mass is 10.0. The van der Waals surface area contributed by atoms with Gasteiger partial charge in [0.25, 0.3) is 0 Å². The highest BCUT2D eigenvalue weighted by Gasteiger charge is 2.34. The Morgan fingerprint density at radius 1 is 1.47 bits per heavy atom. The van der Waals surface area contributed by atoms with Crippen molar-refractivity contribution in [2.45, 2.75) is 23.4 Å². The Balaban J connectivity index is 1.88. The van der Waals surface area contributed by atoms with Crippen LogP contribution in [0.1, 0.15) is 18.0 Å². The van der Waals surface area contributed by atoms with E-state index in [1.54, 1.807) is 6.20 Å². The van der Waals surface area contributed by atoms with Crippen molar-refractivity contribution in [3.63, 3.8) is 0 Å². The van der Waals surface area contributed by atoms with Crippen LogP contribution in [0.25, 0.3) is 0 Å². The van der Waals surface area contributed by atoms with Crippen molar-refractivity contribution in [2.24, 2.45) is 0 Å². The third-order valence-electron chi connectivity index (χ3n) is 3.12. The summed E-state index contributed by atoms with van der Waals surface area (Å²) in [4.78, 5) is 31.6. The number of aromatic nitrogens is 2. The SMILES string of the molecule is O=C1CSc2ncc([C@H]3CC(CO)NC3=O)nc2N1. The number of carbonyl (C=O) groups excluding carboxylic acids is 2. The topological polar surface area (TPSA) is 104 Å². The third-order valence-corrected chi connectivity index (χ3v) is 4.09. The van der Waals surface area contributed by atoms with Crippen LogP contribution < -0.4 is 10.6 Å². The number of anilines is 1. The summed E-state index contributed by atoms with van der Waals surface area (Å²) in [6, 6.07) is -0.237. The van der Waals surface area contributed by atoms with Crippen LogP contribution in [-0.2, 0) is 9.59 Å². The minimum Gasteiger partial charge on any atom is -0.394 e. The van der Waals surface area contributed by atoms with Crippen LogP contribution in [0.15, 0.2) is 11.2 Å². The third kappa shape index (κ3) is 2.28. The Morgan fingerprint density at radius 3 is 3.05 bits per heavy atom. The van der Waals surface area contributed by atoms with Crippen LogP contribution in [0.4, 0.5) is 5.82 Å². The molecule has 1 aromatic rings. The average molecular weight is 280 g/mol. The maximum Gasteiger partial charge on any atom is 0.236 e. The van der Waals surface area contributed by atoms with Crippen molar-refractivity contribution < 1.29 is 14.7 Å². The molecule has 1 fully saturated rings. The molecule has 0 aromatic carbocycles. The quantitative estimate of drug-likeness (QED) is 0.674. The number of nitrogens with one attached hydrogen (secondary N) is 2. The molecule has 0 radical (unpaired) electrons. The van der Waals surface area contributed by atoms with Crippen LogP contribution >= 0.6 is 11.8 Å². The molecule has 2 amide bonds. The first kappa shape index (κ1) is 12.4. The second kappa shape index (κ2) is 4.78. The fourth-order valence-corrected chi connectivity index (χ4v) is 2.88. The van der Waals surface area contributed by atoms with E-state index in [1.807, 2.05) is 0 Å². The van der Waals surface area contributed by atoms with Gasteiger partial charge in [-0.3, -0.25) is 9.59 Å². The Kier molecular flexibility index (Phi) is 3.11. The van der Waals surface area contributed by atoms with Crippen LogP contribution in [0.5, 0.6) is 0 Å². The number of thioether (sulfide) groups is 1. The first-order chi connectivity index (χ1) is 9.17. The Bertz CT molecular complexity index is 551. The monoisotopic (exact) mass is 280 g/mol. The molecule has 19 heavy (non-hydrogen) atoms. The maximum atomic E-state index is 11.8. The van der Waals surface area contributed by atoms with Crippen molar-refractivity contribution in [2.75, 3.05) is 17.7 Å². The lowest BCUT2D eigenvalue weighted by molar-refractivity contribution is -0.120. The van der Waals surface area contributed by atoms with E-state index in [2.05, 4.69) is 20.6 Å². The minimum absolute atomic E-state index is 0.0901. The predicted molar refractivity (Wildman–Crippen MR) is 67.8 cm³/mol. The first-order valence-electron chi connectivity index (χ1n) is 5.88. The molecule has 2 aliphatic heterocycles. The number of carbonyl (C=O) groups is 2. The number of aliphatic hydroxyl groups is 1. The number of fused-ring (bicyclic) bond motifs is 1. The van der Waals surface area contributed by atoms with Crippen molar-refractivity contribution in [1.82, 2.24) is 15.3 Å². The van der Waals surface area contributed by atoms with Gasteiger partial charge in [-0.05, 0) is 6.42 Å². The van der Waals surface area contributed by atoms with Gasteiger partial charge in [0.15, 0.2) is 5.82 Å². The summed E-state index contributed by atoms with van der Waals surface area (Å²) in [7, 11) is 0. The fraction of sp³-hybridized carbons (Fsp3) is 0.455. The predicted octanol–water partition coefficient (Wildman–Crippen LogP) is -0.515. The smallest absolute Gasteiger partial charge is 0.236 e. The molecule has 1 unspecified atom stereocenters. The average Bonchev–Trinajstić information content (AvgIpc) is 2.79. The molecule has 2 atom stereocenters. The number of hydrogen-bond acceptors (Lipinski definition) is 6. The van der Waals surface area contributed by atoms with Gasteiger partial charge in [-0.25, -0.2) is 9.97 Å². The van der Waals surface area contributed by atoms with Crippen molar-refractivity contribution in [3.8, 4) is 0 Å². The van der Waals surface area contributed by atoms with Gasteiger partial charge < -0.3 is 15.7 Å². The van der Waals surface area contributed by atoms with Gasteiger partial charge in [0.1, 0.15) is 5.03 Å². The number of hydrogen-bond donors (Lipinski definition) is 3. The molecule has 0 bridgehead atoms. The van der Waals surface area contributed by atoms with Crippen LogP contribution in [-0.4, -0.2) is 45.3 Å². The zero-order valence-corrected chi connectivity index (χ0v) is 10.7. The Labute approximate surface area is 113 Å². The lowest BCUT2D eigenvalue weighted by Crippen LogP contribution is -2.28. The van der Waals surface area contributed by atoms with Gasteiger partial charge in [-0.1, -0.05) is 11.8 Å². The molecule has 8 heteroatoms. The number of nitrogens with zero attached hydrogens (tertiary/aromatic N) is 2. The van der Waals surface area contributed by atoms with Gasteiger partial charge in [-0.2, -0.15) is 0 Å². The molecule has 2 aliphatic rings. The number of amides is 2. The molecule has 0 spiro atoms. The molecular formula is C11H12N4O3S. The second-order valence-corrected chi connectivity index (χ2v) is 5.43. The van der Waals surface area contributed by atoms with Gasteiger partial charge in [0, 0.05) is 0 Å². The number of rotatable bonds is 2. The summed E-state index contributed by atoms with van der Waals surface area (Å²) in [6.07, 6.45) is 2.05. The van der Waals surface area contributed by atoms with Gasteiger partial charge >= 0.3 is 0 Å². The van der Waals surface area contributed by atoms with E-state index in [1.165, 1.54) is 11.8 Å². The standard InChI is InChI=1S/C11H12N4O3S/c16-3-5-1-6(10(18)13-5)7-2-12-11-9(14-7)15-8(17)4-19-11/h2,5-6,16H,1,3-4H2,(H,13,18)(H,14,15,17)/t5?,6-/m1/s1. The zero-order chi connectivity index (χ0) is 13.4. The zero-order valence-electron chi connectivity index (χ0n) is 9.92. The summed E-state index contributed by atoms with van der Waals surface area (Å²) in [6.45, 7) is -0.0901. The van der Waals surface area contributed by atoms with Gasteiger partial charge in [0.2, 0.25) is 11.8 Å². The van der Waals surface area contributed by atoms with Crippen LogP contribution in [0.2, 0.25) is 0 Å². The summed E-state index contributed by atoms with van der Waals surface area (Å²) in [5, 5.41) is 15.1. The van der Waals surface area contributed by atoms with E-state index in [0.29, 0.717) is 28.7 Å². The molecule has 0 saturated carbocycles. The maximum absolute atomic E-state index is 11.8. The highest BCUT2D eigenvalue weighted by Crippen LogP contribution is 2.31. The number of aliphatic hydroxyl groups excluding tert-OH is 1. The molecule has 1 saturated heterocycles. The minimum atomic E-state index is -0.418. The molecule has 1 aromatic heterocycles. The lowest BCUT2D eigenvalue weighted by Gasteiger charge is -2.16. The molecule has 3 N–H and O–H groups in total. The summed E-state index contributed by atoms with van der Waals surface area (Å²) >= 11 is 1.33. The molecule has 0 aliphatic carbocycles. The van der Waals surface area contributed by atoms with E-state index in [4.69, 9.17) is 5.11 Å². The molecular weight excluding hydrogens is 268 g/mol. The van der Waals surface area contributed by atoms with Gasteiger partial charge in [0.05, 0.1) is 36.2 Å². The summed E-state index contributed by atoms with van der Waals surface area (Å²) < 4.78 is 0. The summed E-state index contributed by atoms with van der Waals surface area (Å²) in [5.74, 6) is 0.0475. The molecule has 3 rings (SSSR count). The first-order valence-corrected chi connectivity index (χ1v) is 6.86. The normalized spacial score (nSPS) is 25.7. The second-order valence-electron chi connectivity index (χ2n) is 4.46. The highest BCUT2D eigenvalue weighted by molar-refractivity contribution is 8.00. The largest absolute Gasteiger partial charge is 0.394 e. The van der Waals surface area contributed by atoms with Crippen molar-refractivity contribution in [1.29, 1.82) is 0 Å². The van der Waals surface area contributed by atoms with Crippen LogP contribution in [0, 0.1) is 0 Å². The fourth-order valence-electron chi connectivity index (χ4n) is 2.18. The van der Waals surface area contributed by atoms with Crippen LogP contribution in [0.3, 0.4) is 0 Å². The molecule has 7 nitrogen and oxygen atoms in total. The van der Waals surface area contributed by atoms with E-state index < -0.39 is 5.92 Å². The molecule has 100 valence electrons. The molecule has 3 heterocycles. The van der Waals surface area contributed by atoms with E-state index >= 15 is 0 Å². The van der Waals surface area contributed by atoms with Crippen molar-refractivity contribution >= 4 is 29.4 Å².